The summed E-state index contributed by atoms with van der Waals surface area (Å²) in [6.45, 7) is 3.32. The summed E-state index contributed by atoms with van der Waals surface area (Å²) in [6, 6.07) is 13.0. The maximum Gasteiger partial charge on any atom is 0.305 e. The van der Waals surface area contributed by atoms with Crippen molar-refractivity contribution in [2.45, 2.75) is 43.3 Å². The maximum atomic E-state index is 12.1. The first-order valence-electron chi connectivity index (χ1n) is 12.6. The van der Waals surface area contributed by atoms with Crippen LogP contribution >= 0.6 is 35.0 Å². The molecule has 0 unspecified atom stereocenters. The van der Waals surface area contributed by atoms with Gasteiger partial charge < -0.3 is 9.64 Å². The van der Waals surface area contributed by atoms with Gasteiger partial charge in [0.05, 0.1) is 18.5 Å². The van der Waals surface area contributed by atoms with Crippen LogP contribution in [0.25, 0.3) is 5.69 Å². The Kier molecular flexibility index (Phi) is 8.49. The lowest BCUT2D eigenvalue weighted by Crippen LogP contribution is -2.31. The molecule has 0 aliphatic carbocycles. The van der Waals surface area contributed by atoms with Crippen LogP contribution in [-0.2, 0) is 9.53 Å². The van der Waals surface area contributed by atoms with Gasteiger partial charge in [0.25, 0.3) is 0 Å². The molecule has 1 aromatic heterocycles. The normalized spacial score (nSPS) is 17.5. The molecule has 0 N–H and O–H groups in total. The number of fused-ring (bicyclic) bond motifs is 3. The Morgan fingerprint density at radius 2 is 1.89 bits per heavy atom. The van der Waals surface area contributed by atoms with Crippen molar-refractivity contribution < 1.29 is 9.53 Å². The van der Waals surface area contributed by atoms with Crippen molar-refractivity contribution in [1.29, 1.82) is 0 Å². The molecule has 0 bridgehead atoms. The third-order valence-corrected chi connectivity index (χ3v) is 8.24. The van der Waals surface area contributed by atoms with E-state index in [1.165, 1.54) is 26.4 Å². The van der Waals surface area contributed by atoms with Gasteiger partial charge in [-0.15, -0.1) is 10.2 Å². The number of carbonyl (C=O) groups is 1. The number of piperidine rings is 1. The minimum atomic E-state index is -0.416. The molecule has 0 saturated carbocycles. The van der Waals surface area contributed by atoms with Gasteiger partial charge in [0, 0.05) is 39.9 Å². The summed E-state index contributed by atoms with van der Waals surface area (Å²) >= 11 is 14.8. The number of thioether (sulfide) groups is 1. The third-order valence-electron chi connectivity index (χ3n) is 6.76. The van der Waals surface area contributed by atoms with Crippen LogP contribution in [0.15, 0.2) is 52.6 Å². The number of carbonyl (C=O) groups excluding carboxylic acids is 1. The van der Waals surface area contributed by atoms with Gasteiger partial charge in [-0.1, -0.05) is 59.6 Å². The van der Waals surface area contributed by atoms with E-state index in [9.17, 15) is 4.79 Å². The summed E-state index contributed by atoms with van der Waals surface area (Å²) in [5.74, 6) is 1.31. The lowest BCUT2D eigenvalue weighted by atomic mass is 10.00. The van der Waals surface area contributed by atoms with Crippen LogP contribution in [0.4, 0.5) is 0 Å². The maximum absolute atomic E-state index is 12.1. The van der Waals surface area contributed by atoms with Crippen LogP contribution in [0, 0.1) is 0 Å². The van der Waals surface area contributed by atoms with Crippen LogP contribution in [0.2, 0.25) is 10.0 Å². The second-order valence-electron chi connectivity index (χ2n) is 9.18. The molecule has 2 aromatic carbocycles. The van der Waals surface area contributed by atoms with E-state index in [-0.39, 0.29) is 12.4 Å². The second-order valence-corrected chi connectivity index (χ2v) is 11.1. The van der Waals surface area contributed by atoms with E-state index in [0.29, 0.717) is 28.0 Å². The van der Waals surface area contributed by atoms with E-state index in [1.54, 1.807) is 11.8 Å². The monoisotopic (exact) mass is 557 g/mol. The van der Waals surface area contributed by atoms with E-state index >= 15 is 0 Å². The molecule has 7 nitrogen and oxygen atoms in total. The molecule has 0 amide bonds. The van der Waals surface area contributed by atoms with Gasteiger partial charge in [-0.2, -0.15) is 0 Å². The van der Waals surface area contributed by atoms with Crippen molar-refractivity contribution >= 4 is 46.6 Å². The van der Waals surface area contributed by atoms with Crippen molar-refractivity contribution in [1.82, 2.24) is 19.7 Å². The summed E-state index contributed by atoms with van der Waals surface area (Å²) in [5, 5.41) is 11.2. The molecule has 2 aliphatic heterocycles. The van der Waals surface area contributed by atoms with Crippen molar-refractivity contribution in [3.05, 3.63) is 69.5 Å². The zero-order valence-corrected chi connectivity index (χ0v) is 23.0. The van der Waals surface area contributed by atoms with Crippen LogP contribution in [0.5, 0.6) is 0 Å². The number of hydrogen-bond acceptors (Lipinski definition) is 7. The van der Waals surface area contributed by atoms with Crippen LogP contribution in [0.3, 0.4) is 0 Å². The average Bonchev–Trinajstić information content (AvgIpc) is 3.27. The second kappa shape index (κ2) is 12.0. The zero-order valence-electron chi connectivity index (χ0n) is 20.7. The lowest BCUT2D eigenvalue weighted by Gasteiger charge is -2.26. The van der Waals surface area contributed by atoms with Crippen molar-refractivity contribution in [2.75, 3.05) is 32.5 Å². The molecule has 0 radical (unpaired) electrons. The summed E-state index contributed by atoms with van der Waals surface area (Å²) in [4.78, 5) is 19.7. The molecule has 1 saturated heterocycles. The highest BCUT2D eigenvalue weighted by Gasteiger charge is 2.30. The minimum Gasteiger partial charge on any atom is -0.469 e. The Hall–Kier alpha value is -2.39. The van der Waals surface area contributed by atoms with Gasteiger partial charge in [0.15, 0.2) is 11.0 Å². The smallest absolute Gasteiger partial charge is 0.305 e. The molecule has 37 heavy (non-hydrogen) atoms. The molecule has 10 heteroatoms. The number of aliphatic imine (C=N–C) groups is 1. The zero-order chi connectivity index (χ0) is 25.8. The number of halogens is 2. The first-order valence-corrected chi connectivity index (χ1v) is 14.3. The topological polar surface area (TPSA) is 72.6 Å². The van der Waals surface area contributed by atoms with Gasteiger partial charge in [0.2, 0.25) is 0 Å². The van der Waals surface area contributed by atoms with Crippen LogP contribution in [-0.4, -0.2) is 63.8 Å². The van der Waals surface area contributed by atoms with Crippen molar-refractivity contribution in [3.8, 4) is 5.69 Å². The average molecular weight is 559 g/mol. The fraction of sp³-hybridized carbons (Fsp3) is 0.407. The van der Waals surface area contributed by atoms with Crippen molar-refractivity contribution in [3.63, 3.8) is 0 Å². The molecule has 0 spiro atoms. The molecule has 3 aromatic rings. The summed E-state index contributed by atoms with van der Waals surface area (Å²) in [5.41, 5.74) is 3.26. The lowest BCUT2D eigenvalue weighted by molar-refractivity contribution is -0.140. The quantitative estimate of drug-likeness (QED) is 0.250. The Bertz CT molecular complexity index is 1310. The number of esters is 1. The molecule has 1 fully saturated rings. The van der Waals surface area contributed by atoms with Gasteiger partial charge in [0.1, 0.15) is 6.04 Å². The number of hydrogen-bond donors (Lipinski definition) is 0. The SMILES string of the molecule is COC(=O)CC[C@@H]1N=C(c2ccccc2Cl)c2cc(Cl)ccc2-n2c(SCCN3CCCCC3)nnc21. The van der Waals surface area contributed by atoms with Gasteiger partial charge in [-0.3, -0.25) is 14.4 Å². The predicted octanol–water partition coefficient (Wildman–Crippen LogP) is 6.00. The third kappa shape index (κ3) is 5.87. The molecule has 3 heterocycles. The predicted molar refractivity (Wildman–Crippen MR) is 148 cm³/mol. The van der Waals surface area contributed by atoms with E-state index in [2.05, 4.69) is 19.7 Å². The largest absolute Gasteiger partial charge is 0.469 e. The van der Waals surface area contributed by atoms with E-state index < -0.39 is 6.04 Å². The Balaban J connectivity index is 1.56. The van der Waals surface area contributed by atoms with Gasteiger partial charge >= 0.3 is 5.97 Å². The molecular formula is C27H29Cl2N5O2S. The number of aromatic nitrogens is 3. The van der Waals surface area contributed by atoms with E-state index in [1.807, 2.05) is 42.5 Å². The molecular weight excluding hydrogens is 529 g/mol. The van der Waals surface area contributed by atoms with Crippen LogP contribution < -0.4 is 0 Å². The fourth-order valence-corrected chi connectivity index (χ4v) is 6.21. The summed E-state index contributed by atoms with van der Waals surface area (Å²) in [7, 11) is 1.39. The molecule has 5 rings (SSSR count). The van der Waals surface area contributed by atoms with E-state index in [4.69, 9.17) is 32.9 Å². The standard InChI is InChI=1S/C27H29Cl2N5O2S/c1-36-24(35)12-10-22-26-31-32-27(37-16-15-33-13-5-2-6-14-33)34(26)23-11-9-18(28)17-20(23)25(30-22)19-7-3-4-8-21(19)29/h3-4,7-9,11,17,22H,2,5-6,10,12-16H2,1H3/t22-/m0/s1. The molecule has 1 atom stereocenters. The minimum absolute atomic E-state index is 0.210. The first kappa shape index (κ1) is 26.2. The Morgan fingerprint density at radius 3 is 2.68 bits per heavy atom. The fourth-order valence-electron chi connectivity index (χ4n) is 4.86. The van der Waals surface area contributed by atoms with Crippen LogP contribution in [0.1, 0.15) is 55.1 Å². The van der Waals surface area contributed by atoms with Gasteiger partial charge in [-0.25, -0.2) is 0 Å². The molecule has 194 valence electrons. The Labute approximate surface area is 231 Å². The first-order chi connectivity index (χ1) is 18.0. The highest BCUT2D eigenvalue weighted by atomic mass is 35.5. The number of benzene rings is 2. The number of likely N-dealkylation sites (tertiary alicyclic amines) is 1. The number of methoxy groups -OCH3 is 1. The summed E-state index contributed by atoms with van der Waals surface area (Å²) in [6.07, 6.45) is 4.49. The Morgan fingerprint density at radius 1 is 1.08 bits per heavy atom. The molecule has 2 aliphatic rings. The van der Waals surface area contributed by atoms with E-state index in [0.717, 1.165) is 47.4 Å². The number of ether oxygens (including phenoxy) is 1. The highest BCUT2D eigenvalue weighted by molar-refractivity contribution is 7.99. The summed E-state index contributed by atoms with van der Waals surface area (Å²) < 4.78 is 6.98. The van der Waals surface area contributed by atoms with Crippen molar-refractivity contribution in [2.24, 2.45) is 4.99 Å². The van der Waals surface area contributed by atoms with Gasteiger partial charge in [-0.05, 0) is 56.6 Å². The number of nitrogens with zero attached hydrogens (tertiary/aromatic N) is 5. The number of rotatable bonds is 8. The highest BCUT2D eigenvalue weighted by Crippen LogP contribution is 2.37.